The van der Waals surface area contributed by atoms with Gasteiger partial charge in [-0.2, -0.15) is 0 Å². The summed E-state index contributed by atoms with van der Waals surface area (Å²) in [6.07, 6.45) is 0.336. The molecule has 116 valence electrons. The number of nitrogens with zero attached hydrogens (tertiary/aromatic N) is 1. The highest BCUT2D eigenvalue weighted by atomic mass is 16.5. The number of ether oxygens (including phenoxy) is 1. The molecule has 4 heteroatoms. The van der Waals surface area contributed by atoms with Gasteiger partial charge in [-0.15, -0.1) is 0 Å². The maximum atomic E-state index is 11.9. The van der Waals surface area contributed by atoms with Crippen LogP contribution >= 0.6 is 0 Å². The van der Waals surface area contributed by atoms with E-state index in [-0.39, 0.29) is 24.7 Å². The van der Waals surface area contributed by atoms with Crippen LogP contribution in [0.2, 0.25) is 0 Å². The molecule has 1 amide bonds. The Morgan fingerprint density at radius 2 is 1.76 bits per heavy atom. The molecule has 0 saturated carbocycles. The van der Waals surface area contributed by atoms with Crippen LogP contribution in [0.5, 0.6) is 0 Å². The van der Waals surface area contributed by atoms with Crippen molar-refractivity contribution >= 4 is 11.9 Å². The van der Waals surface area contributed by atoms with Crippen molar-refractivity contribution in [2.24, 2.45) is 0 Å². The molecule has 1 rings (SSSR count). The molecule has 0 heterocycles. The van der Waals surface area contributed by atoms with Crippen LogP contribution in [0, 0.1) is 0 Å². The lowest BCUT2D eigenvalue weighted by atomic mass is 10.0. The van der Waals surface area contributed by atoms with E-state index in [0.29, 0.717) is 19.1 Å². The van der Waals surface area contributed by atoms with E-state index in [0.717, 1.165) is 5.56 Å². The van der Waals surface area contributed by atoms with Gasteiger partial charge in [0.2, 0.25) is 5.91 Å². The van der Waals surface area contributed by atoms with E-state index in [9.17, 15) is 9.59 Å². The van der Waals surface area contributed by atoms with Gasteiger partial charge in [0.1, 0.15) is 0 Å². The molecule has 21 heavy (non-hydrogen) atoms. The van der Waals surface area contributed by atoms with E-state index >= 15 is 0 Å². The summed E-state index contributed by atoms with van der Waals surface area (Å²) in [5.41, 5.74) is 2.38. The maximum Gasteiger partial charge on any atom is 0.306 e. The van der Waals surface area contributed by atoms with Crippen LogP contribution < -0.4 is 0 Å². The van der Waals surface area contributed by atoms with Crippen LogP contribution in [0.25, 0.3) is 0 Å². The topological polar surface area (TPSA) is 46.6 Å². The van der Waals surface area contributed by atoms with E-state index in [2.05, 4.69) is 26.0 Å². The highest BCUT2D eigenvalue weighted by Crippen LogP contribution is 2.15. The summed E-state index contributed by atoms with van der Waals surface area (Å²) < 4.78 is 4.82. The molecule has 0 atom stereocenters. The van der Waals surface area contributed by atoms with E-state index in [1.54, 1.807) is 18.9 Å². The van der Waals surface area contributed by atoms with Gasteiger partial charge in [0, 0.05) is 20.0 Å². The summed E-state index contributed by atoms with van der Waals surface area (Å²) in [5, 5.41) is 0. The average molecular weight is 291 g/mol. The lowest BCUT2D eigenvalue weighted by Gasteiger charge is -2.17. The fourth-order valence-corrected chi connectivity index (χ4v) is 2.00. The summed E-state index contributed by atoms with van der Waals surface area (Å²) in [7, 11) is 1.75. The summed E-state index contributed by atoms with van der Waals surface area (Å²) in [6.45, 7) is 6.97. The van der Waals surface area contributed by atoms with Gasteiger partial charge >= 0.3 is 5.97 Å². The van der Waals surface area contributed by atoms with Crippen LogP contribution in [0.3, 0.4) is 0 Å². The summed E-state index contributed by atoms with van der Waals surface area (Å²) in [4.78, 5) is 24.8. The molecule has 0 bridgehead atoms. The van der Waals surface area contributed by atoms with E-state index in [4.69, 9.17) is 4.74 Å². The van der Waals surface area contributed by atoms with Crippen molar-refractivity contribution in [1.29, 1.82) is 0 Å². The zero-order valence-electron chi connectivity index (χ0n) is 13.4. The Morgan fingerprint density at radius 1 is 1.14 bits per heavy atom. The lowest BCUT2D eigenvalue weighted by molar-refractivity contribution is -0.145. The van der Waals surface area contributed by atoms with Gasteiger partial charge in [-0.05, 0) is 24.0 Å². The van der Waals surface area contributed by atoms with E-state index in [1.807, 2.05) is 12.1 Å². The number of esters is 1. The third kappa shape index (κ3) is 5.98. The summed E-state index contributed by atoms with van der Waals surface area (Å²) >= 11 is 0. The van der Waals surface area contributed by atoms with Gasteiger partial charge in [0.15, 0.2) is 0 Å². The van der Waals surface area contributed by atoms with Gasteiger partial charge in [-0.1, -0.05) is 38.1 Å². The Hall–Kier alpha value is -1.84. The fraction of sp³-hybridized carbons (Fsp3) is 0.529. The summed E-state index contributed by atoms with van der Waals surface area (Å²) in [5.74, 6) is 0.138. The first-order valence-corrected chi connectivity index (χ1v) is 7.42. The van der Waals surface area contributed by atoms with Gasteiger partial charge < -0.3 is 9.64 Å². The second-order valence-electron chi connectivity index (χ2n) is 5.45. The summed E-state index contributed by atoms with van der Waals surface area (Å²) in [6, 6.07) is 8.28. The van der Waals surface area contributed by atoms with Gasteiger partial charge in [-0.25, -0.2) is 0 Å². The molecule has 0 aromatic heterocycles. The highest BCUT2D eigenvalue weighted by Gasteiger charge is 2.12. The Balaban J connectivity index is 2.46. The number of carbonyl (C=O) groups excluding carboxylic acids is 2. The van der Waals surface area contributed by atoms with Crippen LogP contribution in [0.1, 0.15) is 50.7 Å². The number of hydrogen-bond donors (Lipinski definition) is 0. The SMILES string of the molecule is CCOC(=O)CCC(=O)N(C)Cc1ccc(C(C)C)cc1. The van der Waals surface area contributed by atoms with Crippen molar-refractivity contribution in [2.75, 3.05) is 13.7 Å². The monoisotopic (exact) mass is 291 g/mol. The van der Waals surface area contributed by atoms with Gasteiger partial charge in [-0.3, -0.25) is 9.59 Å². The number of rotatable bonds is 7. The molecular weight excluding hydrogens is 266 g/mol. The van der Waals surface area contributed by atoms with Crippen molar-refractivity contribution in [3.05, 3.63) is 35.4 Å². The third-order valence-corrected chi connectivity index (χ3v) is 3.34. The van der Waals surface area contributed by atoms with Crippen LogP contribution in [-0.4, -0.2) is 30.4 Å². The second-order valence-corrected chi connectivity index (χ2v) is 5.45. The third-order valence-electron chi connectivity index (χ3n) is 3.34. The minimum atomic E-state index is -0.319. The minimum absolute atomic E-state index is 0.0454. The number of carbonyl (C=O) groups is 2. The Kier molecular flexibility index (Phi) is 6.92. The molecule has 1 aromatic rings. The van der Waals surface area contributed by atoms with Crippen molar-refractivity contribution in [3.63, 3.8) is 0 Å². The zero-order chi connectivity index (χ0) is 15.8. The number of benzene rings is 1. The second kappa shape index (κ2) is 8.45. The first-order chi connectivity index (χ1) is 9.93. The van der Waals surface area contributed by atoms with Crippen LogP contribution in [-0.2, 0) is 20.9 Å². The molecule has 1 aromatic carbocycles. The quantitative estimate of drug-likeness (QED) is 0.725. The number of amides is 1. The molecule has 0 aliphatic heterocycles. The smallest absolute Gasteiger partial charge is 0.306 e. The highest BCUT2D eigenvalue weighted by molar-refractivity contribution is 5.81. The van der Waals surface area contributed by atoms with Gasteiger partial charge in [0.25, 0.3) is 0 Å². The molecule has 0 unspecified atom stereocenters. The van der Waals surface area contributed by atoms with Crippen molar-refractivity contribution in [2.45, 2.75) is 46.1 Å². The van der Waals surface area contributed by atoms with E-state index in [1.165, 1.54) is 5.56 Å². The normalized spacial score (nSPS) is 10.5. The standard InChI is InChI=1S/C17H25NO3/c1-5-21-17(20)11-10-16(19)18(4)12-14-6-8-15(9-7-14)13(2)3/h6-9,13H,5,10-12H2,1-4H3. The molecule has 0 aliphatic rings. The largest absolute Gasteiger partial charge is 0.466 e. The fourth-order valence-electron chi connectivity index (χ4n) is 2.00. The van der Waals surface area contributed by atoms with Crippen molar-refractivity contribution in [3.8, 4) is 0 Å². The Bertz CT molecular complexity index is 465. The Morgan fingerprint density at radius 3 is 2.29 bits per heavy atom. The molecule has 0 aliphatic carbocycles. The van der Waals surface area contributed by atoms with Crippen molar-refractivity contribution < 1.29 is 14.3 Å². The first kappa shape index (κ1) is 17.2. The molecule has 0 saturated heterocycles. The Labute approximate surface area is 127 Å². The van der Waals surface area contributed by atoms with E-state index < -0.39 is 0 Å². The predicted octanol–water partition coefficient (Wildman–Crippen LogP) is 3.11. The number of hydrogen-bond acceptors (Lipinski definition) is 3. The molecule has 0 radical (unpaired) electrons. The predicted molar refractivity (Wildman–Crippen MR) is 82.9 cm³/mol. The molecule has 4 nitrogen and oxygen atoms in total. The van der Waals surface area contributed by atoms with Crippen LogP contribution in [0.4, 0.5) is 0 Å². The zero-order valence-corrected chi connectivity index (χ0v) is 13.4. The van der Waals surface area contributed by atoms with Crippen molar-refractivity contribution in [1.82, 2.24) is 4.90 Å². The first-order valence-electron chi connectivity index (χ1n) is 7.42. The van der Waals surface area contributed by atoms with Gasteiger partial charge in [0.05, 0.1) is 13.0 Å². The molecule has 0 N–H and O–H groups in total. The molecule has 0 spiro atoms. The van der Waals surface area contributed by atoms with Crippen LogP contribution in [0.15, 0.2) is 24.3 Å². The maximum absolute atomic E-state index is 11.9. The molecular formula is C17H25NO3. The minimum Gasteiger partial charge on any atom is -0.466 e. The average Bonchev–Trinajstić information content (AvgIpc) is 2.45. The molecule has 0 fully saturated rings. The lowest BCUT2D eigenvalue weighted by Crippen LogP contribution is -2.26.